The topological polar surface area (TPSA) is 26.3 Å². The van der Waals surface area contributed by atoms with Crippen molar-refractivity contribution in [1.29, 1.82) is 0 Å². The Balaban J connectivity index is 3.31. The molecule has 14 heavy (non-hydrogen) atoms. The van der Waals surface area contributed by atoms with Gasteiger partial charge in [0.1, 0.15) is 12.0 Å². The van der Waals surface area contributed by atoms with Crippen molar-refractivity contribution in [3.05, 3.63) is 27.2 Å². The van der Waals surface area contributed by atoms with E-state index in [-0.39, 0.29) is 5.92 Å². The molecule has 0 radical (unpaired) electrons. The van der Waals surface area contributed by atoms with Gasteiger partial charge in [0.05, 0.1) is 11.6 Å². The summed E-state index contributed by atoms with van der Waals surface area (Å²) in [5.74, 6) is 0.439. The lowest BCUT2D eigenvalue weighted by Gasteiger charge is -2.12. The molecule has 1 aromatic rings. The molecule has 1 atom stereocenters. The van der Waals surface area contributed by atoms with E-state index < -0.39 is 0 Å². The van der Waals surface area contributed by atoms with Gasteiger partial charge in [0.25, 0.3) is 0 Å². The molecule has 0 aliphatic heterocycles. The maximum atomic E-state index is 10.7. The second-order valence-electron chi connectivity index (χ2n) is 2.93. The predicted molar refractivity (Wildman–Crippen MR) is 60.2 cm³/mol. The fourth-order valence-corrected chi connectivity index (χ4v) is 2.20. The predicted octanol–water partition coefficient (Wildman–Crippen LogP) is 3.41. The molecule has 0 aliphatic carbocycles. The summed E-state index contributed by atoms with van der Waals surface area (Å²) in [7, 11) is 1.56. The summed E-state index contributed by atoms with van der Waals surface area (Å²) in [6.07, 6.45) is 0.862. The van der Waals surface area contributed by atoms with Gasteiger partial charge < -0.3 is 9.53 Å². The molecule has 76 valence electrons. The first-order valence-electron chi connectivity index (χ1n) is 4.08. The average molecular weight is 278 g/mol. The highest BCUT2D eigenvalue weighted by Gasteiger charge is 2.14. The summed E-state index contributed by atoms with van der Waals surface area (Å²) in [5, 5.41) is 0.585. The minimum Gasteiger partial charge on any atom is -0.495 e. The van der Waals surface area contributed by atoms with Gasteiger partial charge in [-0.15, -0.1) is 0 Å². The maximum Gasteiger partial charge on any atom is 0.137 e. The van der Waals surface area contributed by atoms with Gasteiger partial charge in [0.2, 0.25) is 0 Å². The summed E-state index contributed by atoms with van der Waals surface area (Å²) in [5.41, 5.74) is 0.793. The largest absolute Gasteiger partial charge is 0.495 e. The number of hydrogen-bond donors (Lipinski definition) is 0. The average Bonchev–Trinajstić information content (AvgIpc) is 2.15. The van der Waals surface area contributed by atoms with E-state index >= 15 is 0 Å². The summed E-state index contributed by atoms with van der Waals surface area (Å²) in [4.78, 5) is 10.7. The molecular weight excluding hydrogens is 267 g/mol. The molecule has 1 aromatic carbocycles. The fourth-order valence-electron chi connectivity index (χ4n) is 1.21. The summed E-state index contributed by atoms with van der Waals surface area (Å²) < 4.78 is 5.95. The Morgan fingerprint density at radius 3 is 2.71 bits per heavy atom. The first-order valence-corrected chi connectivity index (χ1v) is 5.25. The molecule has 0 spiro atoms. The first kappa shape index (κ1) is 11.5. The Morgan fingerprint density at radius 2 is 2.21 bits per heavy atom. The van der Waals surface area contributed by atoms with E-state index in [2.05, 4.69) is 15.9 Å². The van der Waals surface area contributed by atoms with Crippen LogP contribution in [0.15, 0.2) is 16.6 Å². The van der Waals surface area contributed by atoms with Crippen LogP contribution < -0.4 is 4.74 Å². The summed E-state index contributed by atoms with van der Waals surface area (Å²) in [6, 6.07) is 3.48. The normalized spacial score (nSPS) is 12.3. The molecule has 0 aliphatic rings. The standard InChI is InChI=1S/C10H10BrClO2/c1-6(5-13)8-3-7(12)4-9(11)10(8)14-2/h3-6H,1-2H3. The Labute approximate surface area is 96.3 Å². The molecule has 0 saturated heterocycles. The number of ether oxygens (including phenoxy) is 1. The molecule has 0 saturated carbocycles. The van der Waals surface area contributed by atoms with E-state index in [0.29, 0.717) is 10.8 Å². The second kappa shape index (κ2) is 4.80. The second-order valence-corrected chi connectivity index (χ2v) is 4.23. The molecule has 0 aromatic heterocycles. The van der Waals surface area contributed by atoms with Gasteiger partial charge in [0.15, 0.2) is 0 Å². The van der Waals surface area contributed by atoms with Crippen LogP contribution in [0.5, 0.6) is 5.75 Å². The number of halogens is 2. The zero-order valence-electron chi connectivity index (χ0n) is 7.88. The molecule has 1 unspecified atom stereocenters. The highest BCUT2D eigenvalue weighted by atomic mass is 79.9. The van der Waals surface area contributed by atoms with Gasteiger partial charge in [-0.2, -0.15) is 0 Å². The Kier molecular flexibility index (Phi) is 3.96. The number of benzene rings is 1. The lowest BCUT2D eigenvalue weighted by Crippen LogP contribution is -1.99. The van der Waals surface area contributed by atoms with Crippen LogP contribution in [0.2, 0.25) is 5.02 Å². The minimum absolute atomic E-state index is 0.222. The van der Waals surface area contributed by atoms with Crippen LogP contribution in [0.25, 0.3) is 0 Å². The molecule has 4 heteroatoms. The van der Waals surface area contributed by atoms with Crippen molar-refractivity contribution in [2.24, 2.45) is 0 Å². The summed E-state index contributed by atoms with van der Waals surface area (Å²) >= 11 is 9.21. The number of carbonyl (C=O) groups excluding carboxylic acids is 1. The van der Waals surface area contributed by atoms with Crippen molar-refractivity contribution in [3.63, 3.8) is 0 Å². The van der Waals surface area contributed by atoms with Crippen LogP contribution >= 0.6 is 27.5 Å². The molecule has 0 N–H and O–H groups in total. The van der Waals surface area contributed by atoms with Crippen molar-refractivity contribution < 1.29 is 9.53 Å². The molecule has 0 fully saturated rings. The molecular formula is C10H10BrClO2. The zero-order chi connectivity index (χ0) is 10.7. The summed E-state index contributed by atoms with van der Waals surface area (Å²) in [6.45, 7) is 1.80. The van der Waals surface area contributed by atoms with Crippen molar-refractivity contribution in [1.82, 2.24) is 0 Å². The highest BCUT2D eigenvalue weighted by Crippen LogP contribution is 2.35. The van der Waals surface area contributed by atoms with Crippen LogP contribution in [-0.4, -0.2) is 13.4 Å². The van der Waals surface area contributed by atoms with Crippen molar-refractivity contribution in [2.75, 3.05) is 7.11 Å². The molecule has 0 bridgehead atoms. The van der Waals surface area contributed by atoms with Crippen molar-refractivity contribution in [3.8, 4) is 5.75 Å². The van der Waals surface area contributed by atoms with Crippen LogP contribution in [0.4, 0.5) is 0 Å². The number of aldehydes is 1. The van der Waals surface area contributed by atoms with Gasteiger partial charge >= 0.3 is 0 Å². The van der Waals surface area contributed by atoms with E-state index in [9.17, 15) is 4.79 Å². The van der Waals surface area contributed by atoms with Crippen LogP contribution in [0.3, 0.4) is 0 Å². The Hall–Kier alpha value is -0.540. The first-order chi connectivity index (χ1) is 6.60. The number of hydrogen-bond acceptors (Lipinski definition) is 2. The minimum atomic E-state index is -0.222. The monoisotopic (exact) mass is 276 g/mol. The molecule has 2 nitrogen and oxygen atoms in total. The number of methoxy groups -OCH3 is 1. The van der Waals surface area contributed by atoms with Gasteiger partial charge in [-0.25, -0.2) is 0 Å². The third-order valence-corrected chi connectivity index (χ3v) is 2.74. The van der Waals surface area contributed by atoms with E-state index in [4.69, 9.17) is 16.3 Å². The smallest absolute Gasteiger partial charge is 0.137 e. The van der Waals surface area contributed by atoms with Crippen LogP contribution in [0.1, 0.15) is 18.4 Å². The van der Waals surface area contributed by atoms with Crippen LogP contribution in [0, 0.1) is 0 Å². The van der Waals surface area contributed by atoms with Gasteiger partial charge in [-0.05, 0) is 28.1 Å². The van der Waals surface area contributed by atoms with E-state index in [1.54, 1.807) is 26.2 Å². The third kappa shape index (κ3) is 2.28. The third-order valence-electron chi connectivity index (χ3n) is 1.94. The molecule has 0 amide bonds. The number of rotatable bonds is 3. The van der Waals surface area contributed by atoms with Crippen molar-refractivity contribution >= 4 is 33.8 Å². The fraction of sp³-hybridized carbons (Fsp3) is 0.300. The van der Waals surface area contributed by atoms with E-state index in [1.807, 2.05) is 0 Å². The van der Waals surface area contributed by atoms with Crippen molar-refractivity contribution in [2.45, 2.75) is 12.8 Å². The SMILES string of the molecule is COc1c(Br)cc(Cl)cc1C(C)C=O. The van der Waals surface area contributed by atoms with E-state index in [1.165, 1.54) is 0 Å². The number of carbonyl (C=O) groups is 1. The quantitative estimate of drug-likeness (QED) is 0.791. The van der Waals surface area contributed by atoms with Gasteiger partial charge in [0, 0.05) is 16.5 Å². The maximum absolute atomic E-state index is 10.7. The lowest BCUT2D eigenvalue weighted by molar-refractivity contribution is -0.108. The van der Waals surface area contributed by atoms with E-state index in [0.717, 1.165) is 16.3 Å². The van der Waals surface area contributed by atoms with Gasteiger partial charge in [-0.3, -0.25) is 0 Å². The molecule has 1 rings (SSSR count). The lowest BCUT2D eigenvalue weighted by atomic mass is 10.0. The highest BCUT2D eigenvalue weighted by molar-refractivity contribution is 9.10. The Bertz CT molecular complexity index is 352. The van der Waals surface area contributed by atoms with Gasteiger partial charge in [-0.1, -0.05) is 18.5 Å². The Morgan fingerprint density at radius 1 is 1.57 bits per heavy atom. The zero-order valence-corrected chi connectivity index (χ0v) is 10.2. The molecule has 0 heterocycles. The van der Waals surface area contributed by atoms with Crippen LogP contribution in [-0.2, 0) is 4.79 Å².